The second-order valence-corrected chi connectivity index (χ2v) is 6.38. The van der Waals surface area contributed by atoms with Crippen LogP contribution in [0, 0.1) is 11.8 Å². The molecule has 5 nitrogen and oxygen atoms in total. The maximum atomic E-state index is 12.2. The van der Waals surface area contributed by atoms with E-state index >= 15 is 0 Å². The molecule has 2 N–H and O–H groups in total. The van der Waals surface area contributed by atoms with E-state index in [0.29, 0.717) is 19.2 Å². The first-order valence-electron chi connectivity index (χ1n) is 7.89. The van der Waals surface area contributed by atoms with E-state index in [1.54, 1.807) is 0 Å². The van der Waals surface area contributed by atoms with Gasteiger partial charge in [0.05, 0.1) is 31.1 Å². The minimum absolute atomic E-state index is 0.0322. The van der Waals surface area contributed by atoms with Crippen molar-refractivity contribution in [2.75, 3.05) is 13.2 Å². The Labute approximate surface area is 119 Å². The van der Waals surface area contributed by atoms with Crippen LogP contribution in [0.3, 0.4) is 0 Å². The highest BCUT2D eigenvalue weighted by Crippen LogP contribution is 2.39. The lowest BCUT2D eigenvalue weighted by Crippen LogP contribution is -2.36. The van der Waals surface area contributed by atoms with Crippen LogP contribution >= 0.6 is 0 Å². The number of nitrogens with zero attached hydrogens (tertiary/aromatic N) is 1. The topological polar surface area (TPSA) is 72.6 Å². The van der Waals surface area contributed by atoms with Gasteiger partial charge in [0.2, 0.25) is 11.8 Å². The number of carbonyl (C=O) groups is 2. The Kier molecular flexibility index (Phi) is 4.08. The summed E-state index contributed by atoms with van der Waals surface area (Å²) >= 11 is 0. The number of ether oxygens (including phenoxy) is 1. The van der Waals surface area contributed by atoms with Gasteiger partial charge in [0.25, 0.3) is 0 Å². The van der Waals surface area contributed by atoms with Gasteiger partial charge in [-0.15, -0.1) is 0 Å². The van der Waals surface area contributed by atoms with Crippen LogP contribution in [-0.2, 0) is 14.3 Å². The van der Waals surface area contributed by atoms with Crippen LogP contribution in [0.4, 0.5) is 0 Å². The van der Waals surface area contributed by atoms with E-state index in [1.165, 1.54) is 4.90 Å². The van der Waals surface area contributed by atoms with E-state index < -0.39 is 0 Å². The summed E-state index contributed by atoms with van der Waals surface area (Å²) in [6.07, 6.45) is 7.04. The fourth-order valence-electron chi connectivity index (χ4n) is 3.85. The Bertz CT molecular complexity index is 369. The second kappa shape index (κ2) is 5.82. The molecule has 1 saturated heterocycles. The number of imide groups is 1. The zero-order chi connectivity index (χ0) is 14.1. The quantitative estimate of drug-likeness (QED) is 0.782. The maximum absolute atomic E-state index is 12.2. The molecule has 0 spiro atoms. The molecule has 2 aliphatic carbocycles. The fourth-order valence-corrected chi connectivity index (χ4v) is 3.85. The van der Waals surface area contributed by atoms with Gasteiger partial charge in [0.15, 0.2) is 0 Å². The van der Waals surface area contributed by atoms with Gasteiger partial charge in [-0.25, -0.2) is 0 Å². The van der Waals surface area contributed by atoms with Crippen molar-refractivity contribution < 1.29 is 14.3 Å². The van der Waals surface area contributed by atoms with E-state index in [-0.39, 0.29) is 29.8 Å². The molecule has 0 aromatic rings. The predicted octanol–water partition coefficient (Wildman–Crippen LogP) is 1.06. The van der Waals surface area contributed by atoms with Crippen molar-refractivity contribution in [1.29, 1.82) is 0 Å². The molecule has 112 valence electrons. The van der Waals surface area contributed by atoms with Crippen LogP contribution in [0.2, 0.25) is 0 Å². The van der Waals surface area contributed by atoms with Crippen molar-refractivity contribution >= 4 is 11.8 Å². The van der Waals surface area contributed by atoms with Crippen LogP contribution in [0.5, 0.6) is 0 Å². The third kappa shape index (κ3) is 2.61. The molecule has 2 amide bonds. The van der Waals surface area contributed by atoms with Crippen LogP contribution in [0.1, 0.15) is 44.9 Å². The molecule has 5 heteroatoms. The van der Waals surface area contributed by atoms with E-state index in [0.717, 1.165) is 44.9 Å². The molecular formula is C15H24N2O3. The third-order valence-corrected chi connectivity index (χ3v) is 5.07. The van der Waals surface area contributed by atoms with Crippen molar-refractivity contribution in [2.24, 2.45) is 17.6 Å². The Morgan fingerprint density at radius 2 is 1.60 bits per heavy atom. The summed E-state index contributed by atoms with van der Waals surface area (Å²) in [4.78, 5) is 25.7. The first-order valence-corrected chi connectivity index (χ1v) is 7.89. The lowest BCUT2D eigenvalue weighted by atomic mass is 9.94. The summed E-state index contributed by atoms with van der Waals surface area (Å²) in [5, 5.41) is 0. The number of rotatable bonds is 4. The SMILES string of the molecule is NC1CCC(OCCN2C(=O)C3CCCC3C2=O)CC1. The smallest absolute Gasteiger partial charge is 0.233 e. The minimum Gasteiger partial charge on any atom is -0.376 e. The van der Waals surface area contributed by atoms with Crippen LogP contribution < -0.4 is 5.73 Å². The van der Waals surface area contributed by atoms with Gasteiger partial charge in [0.1, 0.15) is 0 Å². The first kappa shape index (κ1) is 14.0. The molecule has 1 aliphatic heterocycles. The molecular weight excluding hydrogens is 256 g/mol. The van der Waals surface area contributed by atoms with Gasteiger partial charge in [-0.05, 0) is 38.5 Å². The maximum Gasteiger partial charge on any atom is 0.233 e. The van der Waals surface area contributed by atoms with Crippen LogP contribution in [0.25, 0.3) is 0 Å². The van der Waals surface area contributed by atoms with Crippen LogP contribution in [-0.4, -0.2) is 42.0 Å². The predicted molar refractivity (Wildman–Crippen MR) is 73.7 cm³/mol. The monoisotopic (exact) mass is 280 g/mol. The Morgan fingerprint density at radius 3 is 2.20 bits per heavy atom. The Hall–Kier alpha value is -0.940. The van der Waals surface area contributed by atoms with Gasteiger partial charge in [-0.1, -0.05) is 6.42 Å². The number of fused-ring (bicyclic) bond motifs is 1. The number of amides is 2. The van der Waals surface area contributed by atoms with Crippen molar-refractivity contribution in [2.45, 2.75) is 57.1 Å². The normalized spacial score (nSPS) is 37.5. The number of carbonyl (C=O) groups excluding carboxylic acids is 2. The lowest BCUT2D eigenvalue weighted by molar-refractivity contribution is -0.141. The fraction of sp³-hybridized carbons (Fsp3) is 0.867. The molecule has 20 heavy (non-hydrogen) atoms. The highest BCUT2D eigenvalue weighted by Gasteiger charge is 2.49. The summed E-state index contributed by atoms with van der Waals surface area (Å²) in [7, 11) is 0. The molecule has 2 unspecified atom stereocenters. The average molecular weight is 280 g/mol. The molecule has 2 atom stereocenters. The van der Waals surface area contributed by atoms with Crippen molar-refractivity contribution in [3.8, 4) is 0 Å². The summed E-state index contributed by atoms with van der Waals surface area (Å²) in [6.45, 7) is 0.893. The number of likely N-dealkylation sites (tertiary alicyclic amines) is 1. The lowest BCUT2D eigenvalue weighted by Gasteiger charge is -2.27. The molecule has 3 rings (SSSR count). The zero-order valence-corrected chi connectivity index (χ0v) is 11.9. The van der Waals surface area contributed by atoms with Crippen molar-refractivity contribution in [3.63, 3.8) is 0 Å². The Balaban J connectivity index is 1.45. The molecule has 0 aromatic carbocycles. The number of hydrogen-bond donors (Lipinski definition) is 1. The van der Waals surface area contributed by atoms with Gasteiger partial charge in [-0.3, -0.25) is 14.5 Å². The highest BCUT2D eigenvalue weighted by molar-refractivity contribution is 6.05. The van der Waals surface area contributed by atoms with Gasteiger partial charge < -0.3 is 10.5 Å². The number of nitrogens with two attached hydrogens (primary N) is 1. The van der Waals surface area contributed by atoms with Gasteiger partial charge in [-0.2, -0.15) is 0 Å². The molecule has 0 aromatic heterocycles. The van der Waals surface area contributed by atoms with E-state index in [2.05, 4.69) is 0 Å². The minimum atomic E-state index is -0.0322. The average Bonchev–Trinajstić information content (AvgIpc) is 3.00. The van der Waals surface area contributed by atoms with Crippen LogP contribution in [0.15, 0.2) is 0 Å². The molecule has 1 heterocycles. The largest absolute Gasteiger partial charge is 0.376 e. The van der Waals surface area contributed by atoms with E-state index in [9.17, 15) is 9.59 Å². The molecule has 0 radical (unpaired) electrons. The summed E-state index contributed by atoms with van der Waals surface area (Å²) in [5.41, 5.74) is 5.86. The highest BCUT2D eigenvalue weighted by atomic mass is 16.5. The molecule has 0 bridgehead atoms. The zero-order valence-electron chi connectivity index (χ0n) is 11.9. The summed E-state index contributed by atoms with van der Waals surface area (Å²) in [5.74, 6) is 0.00360. The third-order valence-electron chi connectivity index (χ3n) is 5.07. The standard InChI is InChI=1S/C15H24N2O3/c16-10-4-6-11(7-5-10)20-9-8-17-14(18)12-2-1-3-13(12)15(17)19/h10-13H,1-9,16H2. The summed E-state index contributed by atoms with van der Waals surface area (Å²) < 4.78 is 5.81. The Morgan fingerprint density at radius 1 is 1.00 bits per heavy atom. The van der Waals surface area contributed by atoms with E-state index in [1.807, 2.05) is 0 Å². The van der Waals surface area contributed by atoms with Crippen molar-refractivity contribution in [3.05, 3.63) is 0 Å². The first-order chi connectivity index (χ1) is 9.66. The molecule has 2 saturated carbocycles. The van der Waals surface area contributed by atoms with Gasteiger partial charge >= 0.3 is 0 Å². The van der Waals surface area contributed by atoms with E-state index in [4.69, 9.17) is 10.5 Å². The van der Waals surface area contributed by atoms with Gasteiger partial charge in [0, 0.05) is 6.04 Å². The van der Waals surface area contributed by atoms with Crippen molar-refractivity contribution in [1.82, 2.24) is 4.90 Å². The summed E-state index contributed by atoms with van der Waals surface area (Å²) in [6, 6.07) is 0.316. The molecule has 3 fully saturated rings. The molecule has 3 aliphatic rings. The second-order valence-electron chi connectivity index (χ2n) is 6.38. The number of hydrogen-bond acceptors (Lipinski definition) is 4.